The highest BCUT2D eigenvalue weighted by Crippen LogP contribution is 2.33. The van der Waals surface area contributed by atoms with E-state index in [-0.39, 0.29) is 36.3 Å². The largest absolute Gasteiger partial charge is 0.416 e. The number of rotatable bonds is 5. The number of benzene rings is 1. The van der Waals surface area contributed by atoms with Gasteiger partial charge < -0.3 is 15.7 Å². The number of hydrogen-bond acceptors (Lipinski definition) is 3. The van der Waals surface area contributed by atoms with E-state index >= 15 is 0 Å². The Hall–Kier alpha value is -1.31. The average molecular weight is 395 g/mol. The molecule has 1 aromatic carbocycles. The van der Waals surface area contributed by atoms with Crippen LogP contribution in [0.2, 0.25) is 0 Å². The third-order valence-corrected chi connectivity index (χ3v) is 4.96. The van der Waals surface area contributed by atoms with Crippen molar-refractivity contribution in [1.29, 1.82) is 0 Å². The highest BCUT2D eigenvalue weighted by Gasteiger charge is 2.37. The van der Waals surface area contributed by atoms with E-state index in [2.05, 4.69) is 10.6 Å². The van der Waals surface area contributed by atoms with Gasteiger partial charge in [0.15, 0.2) is 0 Å². The fraction of sp³-hybridized carbons (Fsp3) is 0.611. The number of piperidine rings is 1. The van der Waals surface area contributed by atoms with Gasteiger partial charge in [-0.1, -0.05) is 26.0 Å². The molecule has 2 unspecified atom stereocenters. The van der Waals surface area contributed by atoms with Gasteiger partial charge in [0, 0.05) is 12.0 Å². The molecule has 4 nitrogen and oxygen atoms in total. The van der Waals surface area contributed by atoms with Crippen LogP contribution in [0.25, 0.3) is 0 Å². The minimum Gasteiger partial charge on any atom is -0.387 e. The molecule has 0 aliphatic carbocycles. The smallest absolute Gasteiger partial charge is 0.387 e. The third-order valence-electron chi connectivity index (χ3n) is 4.96. The van der Waals surface area contributed by atoms with Crippen molar-refractivity contribution in [1.82, 2.24) is 10.6 Å². The molecule has 3 N–H and O–H groups in total. The minimum atomic E-state index is -4.46. The van der Waals surface area contributed by atoms with Crippen LogP contribution >= 0.6 is 12.4 Å². The summed E-state index contributed by atoms with van der Waals surface area (Å²) in [5.74, 6) is -0.0147. The number of carbonyl (C=O) groups excluding carboxylic acids is 1. The van der Waals surface area contributed by atoms with Crippen LogP contribution in [0.5, 0.6) is 0 Å². The summed E-state index contributed by atoms with van der Waals surface area (Å²) >= 11 is 0. The van der Waals surface area contributed by atoms with Crippen molar-refractivity contribution < 1.29 is 23.1 Å². The molecule has 0 spiro atoms. The average Bonchev–Trinajstić information content (AvgIpc) is 2.59. The second-order valence-corrected chi connectivity index (χ2v) is 7.11. The van der Waals surface area contributed by atoms with Gasteiger partial charge in [0.1, 0.15) is 0 Å². The van der Waals surface area contributed by atoms with E-state index < -0.39 is 23.3 Å². The van der Waals surface area contributed by atoms with E-state index in [0.29, 0.717) is 0 Å². The van der Waals surface area contributed by atoms with Crippen molar-refractivity contribution in [2.45, 2.75) is 39.0 Å². The van der Waals surface area contributed by atoms with Gasteiger partial charge in [0.25, 0.3) is 0 Å². The first-order valence-electron chi connectivity index (χ1n) is 8.46. The third kappa shape index (κ3) is 5.59. The van der Waals surface area contributed by atoms with Crippen LogP contribution in [-0.4, -0.2) is 30.6 Å². The summed E-state index contributed by atoms with van der Waals surface area (Å²) in [6.45, 7) is 5.30. The lowest BCUT2D eigenvalue weighted by Crippen LogP contribution is -2.48. The highest BCUT2D eigenvalue weighted by molar-refractivity contribution is 5.85. The molecule has 1 amide bonds. The number of halogens is 4. The maximum atomic E-state index is 12.8. The Balaban J connectivity index is 0.00000338. The Morgan fingerprint density at radius 2 is 2.08 bits per heavy atom. The molecule has 2 atom stereocenters. The maximum Gasteiger partial charge on any atom is 0.416 e. The molecule has 1 fully saturated rings. The molecule has 148 valence electrons. The van der Waals surface area contributed by atoms with Crippen LogP contribution in [0, 0.1) is 11.3 Å². The van der Waals surface area contributed by atoms with Crippen molar-refractivity contribution >= 4 is 18.3 Å². The van der Waals surface area contributed by atoms with Crippen LogP contribution in [0.1, 0.15) is 43.9 Å². The van der Waals surface area contributed by atoms with Gasteiger partial charge in [-0.25, -0.2) is 0 Å². The van der Waals surface area contributed by atoms with Crippen molar-refractivity contribution in [2.75, 3.05) is 19.6 Å². The summed E-state index contributed by atoms with van der Waals surface area (Å²) < 4.78 is 38.3. The molecule has 8 heteroatoms. The number of amides is 1. The summed E-state index contributed by atoms with van der Waals surface area (Å²) in [6.07, 6.45) is -3.70. The van der Waals surface area contributed by atoms with Crippen molar-refractivity contribution in [3.8, 4) is 0 Å². The normalized spacial score (nSPS) is 19.4. The van der Waals surface area contributed by atoms with E-state index in [0.717, 1.165) is 38.1 Å². The standard InChI is InChI=1S/C18H25F3N2O2.ClH/c1-17(2,14-7-4-8-22-10-14)16(25)23-11-15(24)12-5-3-6-13(9-12)18(19,20)21;/h3,5-6,9,14-15,22,24H,4,7-8,10-11H2,1-2H3,(H,23,25);1H. The van der Waals surface area contributed by atoms with Gasteiger partial charge in [0.2, 0.25) is 5.91 Å². The van der Waals surface area contributed by atoms with Gasteiger partial charge in [0.05, 0.1) is 11.7 Å². The molecule has 0 bridgehead atoms. The molecule has 0 saturated carbocycles. The minimum absolute atomic E-state index is 0. The second kappa shape index (κ2) is 9.06. The SMILES string of the molecule is CC(C)(C(=O)NCC(O)c1cccc(C(F)(F)F)c1)C1CCCNC1.Cl. The Morgan fingerprint density at radius 1 is 1.38 bits per heavy atom. The predicted octanol–water partition coefficient (Wildman–Crippen LogP) is 3.30. The first-order valence-corrected chi connectivity index (χ1v) is 8.46. The molecule has 0 radical (unpaired) electrons. The number of aliphatic hydroxyl groups is 1. The van der Waals surface area contributed by atoms with E-state index in [1.165, 1.54) is 12.1 Å². The van der Waals surface area contributed by atoms with Gasteiger partial charge in [-0.3, -0.25) is 4.79 Å². The summed E-state index contributed by atoms with van der Waals surface area (Å²) in [6, 6.07) is 4.53. The predicted molar refractivity (Wildman–Crippen MR) is 96.0 cm³/mol. The van der Waals surface area contributed by atoms with Crippen LogP contribution in [0.15, 0.2) is 24.3 Å². The Labute approximate surface area is 158 Å². The lowest BCUT2D eigenvalue weighted by molar-refractivity contribution is -0.137. The van der Waals surface area contributed by atoms with Crippen LogP contribution < -0.4 is 10.6 Å². The molecule has 1 aliphatic heterocycles. The zero-order chi connectivity index (χ0) is 18.7. The quantitative estimate of drug-likeness (QED) is 0.718. The second-order valence-electron chi connectivity index (χ2n) is 7.11. The fourth-order valence-corrected chi connectivity index (χ4v) is 3.11. The fourth-order valence-electron chi connectivity index (χ4n) is 3.11. The lowest BCUT2D eigenvalue weighted by Gasteiger charge is -2.36. The van der Waals surface area contributed by atoms with Crippen molar-refractivity contribution in [3.05, 3.63) is 35.4 Å². The Bertz CT molecular complexity index is 602. The summed E-state index contributed by atoms with van der Waals surface area (Å²) in [4.78, 5) is 12.5. The van der Waals surface area contributed by atoms with E-state index in [4.69, 9.17) is 0 Å². The zero-order valence-electron chi connectivity index (χ0n) is 14.9. The molecule has 1 aromatic rings. The molecular weight excluding hydrogens is 369 g/mol. The van der Waals surface area contributed by atoms with Crippen LogP contribution in [0.3, 0.4) is 0 Å². The summed E-state index contributed by atoms with van der Waals surface area (Å²) in [5, 5.41) is 16.1. The number of nitrogens with one attached hydrogen (secondary N) is 2. The van der Waals surface area contributed by atoms with Crippen LogP contribution in [0.4, 0.5) is 13.2 Å². The Morgan fingerprint density at radius 3 is 2.65 bits per heavy atom. The molecule has 1 heterocycles. The van der Waals surface area contributed by atoms with E-state index in [9.17, 15) is 23.1 Å². The maximum absolute atomic E-state index is 12.8. The first kappa shape index (κ1) is 22.7. The summed E-state index contributed by atoms with van der Waals surface area (Å²) in [7, 11) is 0. The molecule has 0 aromatic heterocycles. The number of hydrogen-bond donors (Lipinski definition) is 3. The van der Waals surface area contributed by atoms with Gasteiger partial charge in [-0.2, -0.15) is 13.2 Å². The number of aliphatic hydroxyl groups excluding tert-OH is 1. The molecule has 1 saturated heterocycles. The van der Waals surface area contributed by atoms with E-state index in [1.807, 2.05) is 13.8 Å². The lowest BCUT2D eigenvalue weighted by atomic mass is 9.74. The van der Waals surface area contributed by atoms with Gasteiger partial charge >= 0.3 is 6.18 Å². The molecular formula is C18H26ClF3N2O2. The van der Waals surface area contributed by atoms with Gasteiger partial charge in [-0.15, -0.1) is 12.4 Å². The zero-order valence-corrected chi connectivity index (χ0v) is 15.7. The van der Waals surface area contributed by atoms with Crippen LogP contribution in [-0.2, 0) is 11.0 Å². The van der Waals surface area contributed by atoms with E-state index in [1.54, 1.807) is 0 Å². The highest BCUT2D eigenvalue weighted by atomic mass is 35.5. The number of carbonyl (C=O) groups is 1. The summed E-state index contributed by atoms with van der Waals surface area (Å²) in [5.41, 5.74) is -1.29. The van der Waals surface area contributed by atoms with Gasteiger partial charge in [-0.05, 0) is 49.5 Å². The van der Waals surface area contributed by atoms with Crippen molar-refractivity contribution in [3.63, 3.8) is 0 Å². The number of alkyl halides is 3. The first-order chi connectivity index (χ1) is 11.6. The molecule has 26 heavy (non-hydrogen) atoms. The topological polar surface area (TPSA) is 61.4 Å². The monoisotopic (exact) mass is 394 g/mol. The molecule has 2 rings (SSSR count). The van der Waals surface area contributed by atoms with Crippen molar-refractivity contribution in [2.24, 2.45) is 11.3 Å². The molecule has 1 aliphatic rings. The Kier molecular flexibility index (Phi) is 7.92.